The molecule has 1 aliphatic carbocycles. The van der Waals surface area contributed by atoms with E-state index in [4.69, 9.17) is 5.73 Å². The van der Waals surface area contributed by atoms with Crippen LogP contribution < -0.4 is 5.73 Å². The van der Waals surface area contributed by atoms with Gasteiger partial charge in [0, 0.05) is 5.69 Å². The number of halogens is 1. The molecule has 20 heavy (non-hydrogen) atoms. The lowest BCUT2D eigenvalue weighted by Crippen LogP contribution is -2.34. The molecule has 1 aliphatic rings. The third-order valence-corrected chi connectivity index (χ3v) is 4.41. The van der Waals surface area contributed by atoms with E-state index in [1.54, 1.807) is 10.7 Å². The molecule has 0 radical (unpaired) electrons. The number of nitrogens with zero attached hydrogens (tertiary/aromatic N) is 4. The van der Waals surface area contributed by atoms with Gasteiger partial charge in [-0.2, -0.15) is 0 Å². The second kappa shape index (κ2) is 4.85. The van der Waals surface area contributed by atoms with Crippen LogP contribution in [0.5, 0.6) is 0 Å². The third-order valence-electron chi connectivity index (χ3n) is 4.41. The van der Waals surface area contributed by atoms with Crippen LogP contribution in [0.1, 0.15) is 32.6 Å². The minimum Gasteiger partial charge on any atom is -0.399 e. The molecule has 6 heteroatoms. The number of aromatic nitrogens is 4. The standard InChI is InChI=1S/C14H18FN5/c1-2-14(6-3-7-14)9-20-13(17-18-19-20)11-8-10(16)4-5-12(11)15/h4-5,8H,2-3,6-7,9,16H2,1H3. The second-order valence-corrected chi connectivity index (χ2v) is 5.61. The zero-order valence-electron chi connectivity index (χ0n) is 11.5. The zero-order chi connectivity index (χ0) is 14.2. The Morgan fingerprint density at radius 1 is 1.40 bits per heavy atom. The Hall–Kier alpha value is -1.98. The summed E-state index contributed by atoms with van der Waals surface area (Å²) < 4.78 is 15.7. The Kier molecular flexibility index (Phi) is 3.16. The summed E-state index contributed by atoms with van der Waals surface area (Å²) in [6, 6.07) is 4.46. The molecule has 1 heterocycles. The molecule has 0 unspecified atom stereocenters. The Morgan fingerprint density at radius 3 is 2.85 bits per heavy atom. The van der Waals surface area contributed by atoms with E-state index in [0.717, 1.165) is 13.0 Å². The quantitative estimate of drug-likeness (QED) is 0.871. The van der Waals surface area contributed by atoms with Crippen LogP contribution in [-0.2, 0) is 6.54 Å². The summed E-state index contributed by atoms with van der Waals surface area (Å²) in [7, 11) is 0. The van der Waals surface area contributed by atoms with E-state index in [-0.39, 0.29) is 11.2 Å². The Morgan fingerprint density at radius 2 is 2.20 bits per heavy atom. The van der Waals surface area contributed by atoms with E-state index >= 15 is 0 Å². The lowest BCUT2D eigenvalue weighted by atomic mass is 9.67. The summed E-state index contributed by atoms with van der Waals surface area (Å²) in [5.74, 6) is 0.101. The van der Waals surface area contributed by atoms with E-state index in [9.17, 15) is 4.39 Å². The number of anilines is 1. The summed E-state index contributed by atoms with van der Waals surface area (Å²) >= 11 is 0. The molecule has 1 saturated carbocycles. The normalized spacial score (nSPS) is 16.9. The highest BCUT2D eigenvalue weighted by molar-refractivity contribution is 5.61. The van der Waals surface area contributed by atoms with Crippen LogP contribution in [0.25, 0.3) is 11.4 Å². The summed E-state index contributed by atoms with van der Waals surface area (Å²) in [4.78, 5) is 0. The van der Waals surface area contributed by atoms with Crippen molar-refractivity contribution < 1.29 is 4.39 Å². The number of hydrogen-bond donors (Lipinski definition) is 1. The molecule has 0 amide bonds. The van der Waals surface area contributed by atoms with E-state index in [0.29, 0.717) is 17.1 Å². The van der Waals surface area contributed by atoms with Gasteiger partial charge in [0.25, 0.3) is 0 Å². The molecule has 5 nitrogen and oxygen atoms in total. The molecular weight excluding hydrogens is 257 g/mol. The van der Waals surface area contributed by atoms with Gasteiger partial charge in [0.05, 0.1) is 12.1 Å². The number of nitrogens with two attached hydrogens (primary N) is 1. The van der Waals surface area contributed by atoms with Crippen LogP contribution in [-0.4, -0.2) is 20.2 Å². The smallest absolute Gasteiger partial charge is 0.185 e. The van der Waals surface area contributed by atoms with Crippen LogP contribution in [0, 0.1) is 11.2 Å². The predicted molar refractivity (Wildman–Crippen MR) is 74.2 cm³/mol. The minimum atomic E-state index is -0.352. The molecule has 3 rings (SSSR count). The van der Waals surface area contributed by atoms with Crippen LogP contribution in [0.2, 0.25) is 0 Å². The molecule has 106 valence electrons. The molecule has 1 fully saturated rings. The highest BCUT2D eigenvalue weighted by atomic mass is 19.1. The van der Waals surface area contributed by atoms with Gasteiger partial charge in [0.1, 0.15) is 5.82 Å². The molecule has 0 atom stereocenters. The van der Waals surface area contributed by atoms with Crippen molar-refractivity contribution in [3.05, 3.63) is 24.0 Å². The van der Waals surface area contributed by atoms with Gasteiger partial charge in [0.2, 0.25) is 0 Å². The van der Waals surface area contributed by atoms with Crippen LogP contribution >= 0.6 is 0 Å². The van der Waals surface area contributed by atoms with Crippen molar-refractivity contribution >= 4 is 5.69 Å². The molecule has 0 spiro atoms. The topological polar surface area (TPSA) is 69.6 Å². The summed E-state index contributed by atoms with van der Waals surface area (Å²) in [5.41, 5.74) is 6.86. The van der Waals surface area contributed by atoms with Crippen molar-refractivity contribution in [2.24, 2.45) is 5.41 Å². The van der Waals surface area contributed by atoms with Crippen LogP contribution in [0.4, 0.5) is 10.1 Å². The highest BCUT2D eigenvalue weighted by Crippen LogP contribution is 2.45. The first-order valence-corrected chi connectivity index (χ1v) is 6.95. The van der Waals surface area contributed by atoms with E-state index in [1.807, 2.05) is 0 Å². The predicted octanol–water partition coefficient (Wildman–Crippen LogP) is 2.64. The van der Waals surface area contributed by atoms with Gasteiger partial charge < -0.3 is 5.73 Å². The van der Waals surface area contributed by atoms with Crippen molar-refractivity contribution in [2.45, 2.75) is 39.2 Å². The largest absolute Gasteiger partial charge is 0.399 e. The molecule has 0 saturated heterocycles. The number of rotatable bonds is 4. The van der Waals surface area contributed by atoms with E-state index in [2.05, 4.69) is 22.4 Å². The summed E-state index contributed by atoms with van der Waals surface area (Å²) in [6.07, 6.45) is 4.70. The zero-order valence-corrected chi connectivity index (χ0v) is 11.5. The van der Waals surface area contributed by atoms with Crippen molar-refractivity contribution in [2.75, 3.05) is 5.73 Å². The number of nitrogen functional groups attached to an aromatic ring is 1. The van der Waals surface area contributed by atoms with Gasteiger partial charge in [0.15, 0.2) is 5.82 Å². The van der Waals surface area contributed by atoms with Gasteiger partial charge >= 0.3 is 0 Å². The average Bonchev–Trinajstić information content (AvgIpc) is 2.84. The number of hydrogen-bond acceptors (Lipinski definition) is 4. The van der Waals surface area contributed by atoms with Gasteiger partial charge in [-0.1, -0.05) is 13.3 Å². The number of tetrazole rings is 1. The van der Waals surface area contributed by atoms with Crippen LogP contribution in [0.3, 0.4) is 0 Å². The highest BCUT2D eigenvalue weighted by Gasteiger charge is 2.36. The van der Waals surface area contributed by atoms with Gasteiger partial charge in [-0.25, -0.2) is 9.07 Å². The average molecular weight is 275 g/mol. The van der Waals surface area contributed by atoms with Crippen molar-refractivity contribution in [3.63, 3.8) is 0 Å². The van der Waals surface area contributed by atoms with Crippen LogP contribution in [0.15, 0.2) is 18.2 Å². The molecule has 2 aromatic rings. The maximum Gasteiger partial charge on any atom is 0.185 e. The first-order chi connectivity index (χ1) is 9.63. The Balaban J connectivity index is 1.96. The van der Waals surface area contributed by atoms with Crippen molar-refractivity contribution in [3.8, 4) is 11.4 Å². The van der Waals surface area contributed by atoms with Crippen molar-refractivity contribution in [1.82, 2.24) is 20.2 Å². The fourth-order valence-corrected chi connectivity index (χ4v) is 2.84. The van der Waals surface area contributed by atoms with Crippen molar-refractivity contribution in [1.29, 1.82) is 0 Å². The lowest BCUT2D eigenvalue weighted by Gasteiger charge is -2.41. The SMILES string of the molecule is CCC1(Cn2nnnc2-c2cc(N)ccc2F)CCC1. The fourth-order valence-electron chi connectivity index (χ4n) is 2.84. The van der Waals surface area contributed by atoms with Gasteiger partial charge in [-0.05, 0) is 53.3 Å². The maximum atomic E-state index is 14.0. The van der Waals surface area contributed by atoms with E-state index in [1.165, 1.54) is 31.4 Å². The Bertz CT molecular complexity index is 612. The fraction of sp³-hybridized carbons (Fsp3) is 0.500. The second-order valence-electron chi connectivity index (χ2n) is 5.61. The van der Waals surface area contributed by atoms with E-state index < -0.39 is 0 Å². The molecule has 1 aromatic heterocycles. The molecule has 1 aromatic carbocycles. The first kappa shape index (κ1) is 13.0. The molecule has 0 aliphatic heterocycles. The summed E-state index contributed by atoms with van der Waals surface area (Å²) in [5, 5.41) is 11.7. The summed E-state index contributed by atoms with van der Waals surface area (Å²) in [6.45, 7) is 2.92. The Labute approximate surface area is 117 Å². The molecule has 0 bridgehead atoms. The third kappa shape index (κ3) is 2.15. The molecule has 2 N–H and O–H groups in total. The minimum absolute atomic E-state index is 0.265. The number of benzene rings is 1. The molecular formula is C14H18FN5. The lowest BCUT2D eigenvalue weighted by molar-refractivity contribution is 0.0948. The van der Waals surface area contributed by atoms with Gasteiger partial charge in [-0.3, -0.25) is 0 Å². The first-order valence-electron chi connectivity index (χ1n) is 6.95. The van der Waals surface area contributed by atoms with Gasteiger partial charge in [-0.15, -0.1) is 5.10 Å². The monoisotopic (exact) mass is 275 g/mol. The maximum absolute atomic E-state index is 14.0.